The van der Waals surface area contributed by atoms with Crippen molar-refractivity contribution in [2.45, 2.75) is 46.1 Å². The number of amides is 1. The minimum Gasteiger partial charge on any atom is -0.369 e. The van der Waals surface area contributed by atoms with Crippen LogP contribution in [0.1, 0.15) is 40.0 Å². The Bertz CT molecular complexity index is 157. The second-order valence-corrected chi connectivity index (χ2v) is 3.88. The topological polar surface area (TPSA) is 29.5 Å². The van der Waals surface area contributed by atoms with Gasteiger partial charge in [0.15, 0.2) is 0 Å². The maximum atomic E-state index is 11.4. The molecule has 1 amide bonds. The minimum atomic E-state index is 0.0785. The molecule has 0 aliphatic heterocycles. The van der Waals surface area contributed by atoms with E-state index in [0.29, 0.717) is 0 Å². The van der Waals surface area contributed by atoms with Crippen molar-refractivity contribution in [3.8, 4) is 0 Å². The Balaban J connectivity index is 3.54. The van der Waals surface area contributed by atoms with Gasteiger partial charge < -0.3 is 9.64 Å². The lowest BCUT2D eigenvalue weighted by molar-refractivity contribution is -0.136. The maximum Gasteiger partial charge on any atom is 0.248 e. The molecule has 0 atom stereocenters. The zero-order valence-corrected chi connectivity index (χ0v) is 9.88. The van der Waals surface area contributed by atoms with Gasteiger partial charge in [-0.25, -0.2) is 0 Å². The van der Waals surface area contributed by atoms with Crippen molar-refractivity contribution in [2.24, 2.45) is 0 Å². The van der Waals surface area contributed by atoms with Gasteiger partial charge >= 0.3 is 0 Å². The second-order valence-electron chi connectivity index (χ2n) is 3.88. The van der Waals surface area contributed by atoms with Gasteiger partial charge in [0.05, 0.1) is 6.10 Å². The molecule has 0 aromatic heterocycles. The molecule has 0 heterocycles. The van der Waals surface area contributed by atoms with E-state index in [1.54, 1.807) is 4.90 Å². The van der Waals surface area contributed by atoms with Crippen LogP contribution in [-0.2, 0) is 9.53 Å². The number of carbonyl (C=O) groups is 1. The molecule has 0 aromatic carbocycles. The third kappa shape index (κ3) is 6.89. The third-order valence-electron chi connectivity index (χ3n) is 2.06. The quantitative estimate of drug-likeness (QED) is 0.590. The van der Waals surface area contributed by atoms with Crippen LogP contribution in [0.3, 0.4) is 0 Å². The smallest absolute Gasteiger partial charge is 0.248 e. The summed E-state index contributed by atoms with van der Waals surface area (Å²) < 4.78 is 5.24. The lowest BCUT2D eigenvalue weighted by Gasteiger charge is -2.17. The Morgan fingerprint density at radius 3 is 2.50 bits per heavy atom. The van der Waals surface area contributed by atoms with E-state index in [9.17, 15) is 4.79 Å². The molecule has 0 spiro atoms. The van der Waals surface area contributed by atoms with Crippen LogP contribution in [-0.4, -0.2) is 37.1 Å². The molecule has 0 saturated heterocycles. The summed E-state index contributed by atoms with van der Waals surface area (Å²) in [6.07, 6.45) is 3.58. The van der Waals surface area contributed by atoms with E-state index >= 15 is 0 Å². The van der Waals surface area contributed by atoms with Gasteiger partial charge in [0.2, 0.25) is 5.91 Å². The molecule has 0 aliphatic carbocycles. The van der Waals surface area contributed by atoms with Gasteiger partial charge in [-0.1, -0.05) is 19.8 Å². The van der Waals surface area contributed by atoms with Crippen molar-refractivity contribution >= 4 is 5.91 Å². The average molecular weight is 201 g/mol. The van der Waals surface area contributed by atoms with Gasteiger partial charge in [-0.15, -0.1) is 0 Å². The van der Waals surface area contributed by atoms with Crippen LogP contribution in [0.15, 0.2) is 0 Å². The summed E-state index contributed by atoms with van der Waals surface area (Å²) in [5, 5.41) is 0. The first-order valence-electron chi connectivity index (χ1n) is 5.43. The highest BCUT2D eigenvalue weighted by molar-refractivity contribution is 5.77. The van der Waals surface area contributed by atoms with Crippen molar-refractivity contribution in [1.82, 2.24) is 4.90 Å². The number of likely N-dealkylation sites (N-methyl/N-ethyl adjacent to an activating group) is 1. The largest absolute Gasteiger partial charge is 0.369 e. The molecule has 0 aromatic rings. The Hall–Kier alpha value is -0.570. The van der Waals surface area contributed by atoms with Gasteiger partial charge in [0.1, 0.15) is 6.61 Å². The molecule has 14 heavy (non-hydrogen) atoms. The van der Waals surface area contributed by atoms with Crippen LogP contribution in [0.2, 0.25) is 0 Å². The SMILES string of the molecule is CCCCCN(C)C(=O)COC(C)C. The summed E-state index contributed by atoms with van der Waals surface area (Å²) in [4.78, 5) is 13.2. The Morgan fingerprint density at radius 2 is 2.00 bits per heavy atom. The van der Waals surface area contributed by atoms with Crippen molar-refractivity contribution in [3.05, 3.63) is 0 Å². The molecule has 3 nitrogen and oxygen atoms in total. The Morgan fingerprint density at radius 1 is 1.36 bits per heavy atom. The molecule has 0 unspecified atom stereocenters. The molecule has 0 rings (SSSR count). The van der Waals surface area contributed by atoms with E-state index in [0.717, 1.165) is 13.0 Å². The van der Waals surface area contributed by atoms with Gasteiger partial charge in [0.25, 0.3) is 0 Å². The standard InChI is InChI=1S/C11H23NO2/c1-5-6-7-8-12(4)11(13)9-14-10(2)3/h10H,5-9H2,1-4H3. The fourth-order valence-electron chi connectivity index (χ4n) is 1.07. The average Bonchev–Trinajstić information content (AvgIpc) is 2.14. The first kappa shape index (κ1) is 13.4. The fourth-order valence-corrected chi connectivity index (χ4v) is 1.07. The predicted molar refractivity (Wildman–Crippen MR) is 58.3 cm³/mol. The van der Waals surface area contributed by atoms with Crippen LogP contribution < -0.4 is 0 Å². The van der Waals surface area contributed by atoms with E-state index in [2.05, 4.69) is 6.92 Å². The zero-order valence-electron chi connectivity index (χ0n) is 9.88. The fraction of sp³-hybridized carbons (Fsp3) is 0.909. The molecule has 0 saturated carbocycles. The second kappa shape index (κ2) is 7.80. The normalized spacial score (nSPS) is 10.6. The van der Waals surface area contributed by atoms with Crippen LogP contribution in [0.5, 0.6) is 0 Å². The summed E-state index contributed by atoms with van der Waals surface area (Å²) in [5.41, 5.74) is 0. The van der Waals surface area contributed by atoms with Gasteiger partial charge in [-0.3, -0.25) is 4.79 Å². The highest BCUT2D eigenvalue weighted by Crippen LogP contribution is 1.97. The third-order valence-corrected chi connectivity index (χ3v) is 2.06. The monoisotopic (exact) mass is 201 g/mol. The van der Waals surface area contributed by atoms with E-state index in [1.807, 2.05) is 20.9 Å². The molecular weight excluding hydrogens is 178 g/mol. The number of carbonyl (C=O) groups excluding carboxylic acids is 1. The molecule has 3 heteroatoms. The number of rotatable bonds is 7. The van der Waals surface area contributed by atoms with Crippen LogP contribution in [0.4, 0.5) is 0 Å². The summed E-state index contributed by atoms with van der Waals surface area (Å²) in [6.45, 7) is 7.08. The maximum absolute atomic E-state index is 11.4. The van der Waals surface area contributed by atoms with Crippen LogP contribution >= 0.6 is 0 Å². The summed E-state index contributed by atoms with van der Waals surface area (Å²) in [7, 11) is 1.84. The first-order valence-corrected chi connectivity index (χ1v) is 5.43. The molecule has 0 fully saturated rings. The molecule has 0 aliphatic rings. The van der Waals surface area contributed by atoms with Crippen molar-refractivity contribution in [2.75, 3.05) is 20.2 Å². The highest BCUT2D eigenvalue weighted by Gasteiger charge is 2.08. The molecule has 0 radical (unpaired) electrons. The Kier molecular flexibility index (Phi) is 7.48. The van der Waals surface area contributed by atoms with Gasteiger partial charge in [-0.2, -0.15) is 0 Å². The van der Waals surface area contributed by atoms with Crippen LogP contribution in [0.25, 0.3) is 0 Å². The van der Waals surface area contributed by atoms with E-state index in [1.165, 1.54) is 12.8 Å². The van der Waals surface area contributed by atoms with Gasteiger partial charge in [-0.05, 0) is 20.3 Å². The van der Waals surface area contributed by atoms with E-state index < -0.39 is 0 Å². The number of hydrogen-bond donors (Lipinski definition) is 0. The lowest BCUT2D eigenvalue weighted by Crippen LogP contribution is -2.32. The molecule has 0 bridgehead atoms. The minimum absolute atomic E-state index is 0.0785. The molecule has 0 N–H and O–H groups in total. The predicted octanol–water partition coefficient (Wildman–Crippen LogP) is 2.06. The van der Waals surface area contributed by atoms with Crippen molar-refractivity contribution < 1.29 is 9.53 Å². The number of unbranched alkanes of at least 4 members (excludes halogenated alkanes) is 2. The van der Waals surface area contributed by atoms with E-state index in [-0.39, 0.29) is 18.6 Å². The zero-order chi connectivity index (χ0) is 11.0. The highest BCUT2D eigenvalue weighted by atomic mass is 16.5. The lowest BCUT2D eigenvalue weighted by atomic mass is 10.2. The summed E-state index contributed by atoms with van der Waals surface area (Å²) in [6, 6.07) is 0. The first-order chi connectivity index (χ1) is 6.57. The van der Waals surface area contributed by atoms with Crippen molar-refractivity contribution in [1.29, 1.82) is 0 Å². The summed E-state index contributed by atoms with van der Waals surface area (Å²) in [5.74, 6) is 0.0785. The van der Waals surface area contributed by atoms with E-state index in [4.69, 9.17) is 4.74 Å². The van der Waals surface area contributed by atoms with Gasteiger partial charge in [0, 0.05) is 13.6 Å². The molecular formula is C11H23NO2. The number of hydrogen-bond acceptors (Lipinski definition) is 2. The molecule has 84 valence electrons. The number of nitrogens with zero attached hydrogens (tertiary/aromatic N) is 1. The Labute approximate surface area is 87.4 Å². The number of ether oxygens (including phenoxy) is 1. The summed E-state index contributed by atoms with van der Waals surface area (Å²) >= 11 is 0. The van der Waals surface area contributed by atoms with Crippen LogP contribution in [0, 0.1) is 0 Å². The van der Waals surface area contributed by atoms with Crippen molar-refractivity contribution in [3.63, 3.8) is 0 Å².